The highest BCUT2D eigenvalue weighted by Crippen LogP contribution is 2.32. The lowest BCUT2D eigenvalue weighted by Gasteiger charge is -2.27. The minimum absolute atomic E-state index is 0.0948. The highest BCUT2D eigenvalue weighted by molar-refractivity contribution is 5.96. The Morgan fingerprint density at radius 1 is 1.05 bits per heavy atom. The Hall–Kier alpha value is -4.11. The van der Waals surface area contributed by atoms with Gasteiger partial charge in [-0.1, -0.05) is 51.1 Å². The van der Waals surface area contributed by atoms with Gasteiger partial charge in [0.1, 0.15) is 12.0 Å². The van der Waals surface area contributed by atoms with E-state index in [9.17, 15) is 4.79 Å². The minimum Gasteiger partial charge on any atom is -0.378 e. The predicted octanol–water partition coefficient (Wildman–Crippen LogP) is 4.70. The summed E-state index contributed by atoms with van der Waals surface area (Å²) in [6, 6.07) is 14.0. The molecule has 2 aromatic carbocycles. The van der Waals surface area contributed by atoms with Crippen LogP contribution in [0.5, 0.6) is 0 Å². The van der Waals surface area contributed by atoms with Crippen LogP contribution in [-0.2, 0) is 23.1 Å². The number of amides is 1. The Labute approximate surface area is 229 Å². The summed E-state index contributed by atoms with van der Waals surface area (Å²) in [6.07, 6.45) is 3.92. The first-order chi connectivity index (χ1) is 18.8. The highest BCUT2D eigenvalue weighted by Gasteiger charge is 2.20. The van der Waals surface area contributed by atoms with Gasteiger partial charge in [0.15, 0.2) is 5.82 Å². The van der Waals surface area contributed by atoms with Crippen molar-refractivity contribution in [2.45, 2.75) is 46.1 Å². The standard InChI is InChI=1S/C30H35N7O2/c1-20-5-8-22(28(38)32-18-21-6-9-23(10-7-21)30(2,3)4)17-25(20)35-27-26-24(33-19-34-27)11-12-31-29(36-26)37-13-15-39-16-14-37/h5-10,12,17,19H,11,13-16,18H2,1-4H3,(H,32,38)(H,33,34,35). The topological polar surface area (TPSA) is 104 Å². The number of fused-ring (bicyclic) bond motifs is 1. The van der Waals surface area contributed by atoms with Crippen molar-refractivity contribution in [1.29, 1.82) is 0 Å². The fourth-order valence-corrected chi connectivity index (χ4v) is 4.46. The molecule has 0 bridgehead atoms. The number of nitrogens with zero attached hydrogens (tertiary/aromatic N) is 5. The number of guanidine groups is 1. The first-order valence-electron chi connectivity index (χ1n) is 13.3. The van der Waals surface area contributed by atoms with Crippen molar-refractivity contribution in [3.05, 3.63) is 76.7 Å². The lowest BCUT2D eigenvalue weighted by Crippen LogP contribution is -2.39. The number of nitrogens with one attached hydrogen (secondary N) is 2. The molecule has 39 heavy (non-hydrogen) atoms. The van der Waals surface area contributed by atoms with Gasteiger partial charge in [0.25, 0.3) is 5.91 Å². The van der Waals surface area contributed by atoms with E-state index in [1.807, 2.05) is 31.3 Å². The summed E-state index contributed by atoms with van der Waals surface area (Å²) < 4.78 is 5.48. The average Bonchev–Trinajstić information content (AvgIpc) is 3.16. The normalized spacial score (nSPS) is 15.3. The summed E-state index contributed by atoms with van der Waals surface area (Å²) in [5.41, 5.74) is 6.20. The van der Waals surface area contributed by atoms with Gasteiger partial charge in [-0.3, -0.25) is 4.79 Å². The molecule has 0 spiro atoms. The van der Waals surface area contributed by atoms with Crippen LogP contribution in [0.1, 0.15) is 53.5 Å². The lowest BCUT2D eigenvalue weighted by molar-refractivity contribution is 0.0676. The molecule has 3 heterocycles. The number of ether oxygens (including phenoxy) is 1. The molecular weight excluding hydrogens is 490 g/mol. The third-order valence-corrected chi connectivity index (χ3v) is 6.92. The van der Waals surface area contributed by atoms with E-state index in [4.69, 9.17) is 9.73 Å². The van der Waals surface area contributed by atoms with E-state index in [1.54, 1.807) is 0 Å². The number of carbonyl (C=O) groups is 1. The molecule has 9 heteroatoms. The molecule has 1 amide bonds. The lowest BCUT2D eigenvalue weighted by atomic mass is 9.87. The van der Waals surface area contributed by atoms with Gasteiger partial charge in [0.2, 0.25) is 5.96 Å². The molecule has 0 atom stereocenters. The second kappa shape index (κ2) is 11.3. The molecule has 5 rings (SSSR count). The maximum absolute atomic E-state index is 13.0. The van der Waals surface area contributed by atoms with Crippen LogP contribution in [0.15, 0.2) is 58.8 Å². The number of hydrogen-bond donors (Lipinski definition) is 2. The van der Waals surface area contributed by atoms with Crippen LogP contribution < -0.4 is 10.6 Å². The molecule has 9 nitrogen and oxygen atoms in total. The largest absolute Gasteiger partial charge is 0.378 e. The second-order valence-corrected chi connectivity index (χ2v) is 10.8. The van der Waals surface area contributed by atoms with Gasteiger partial charge >= 0.3 is 0 Å². The third kappa shape index (κ3) is 6.31. The van der Waals surface area contributed by atoms with Gasteiger partial charge in [-0.2, -0.15) is 0 Å². The predicted molar refractivity (Wildman–Crippen MR) is 154 cm³/mol. The van der Waals surface area contributed by atoms with E-state index in [0.29, 0.717) is 49.2 Å². The van der Waals surface area contributed by atoms with Gasteiger partial charge in [0, 0.05) is 43.5 Å². The van der Waals surface area contributed by atoms with Crippen molar-refractivity contribution >= 4 is 35.3 Å². The number of morpholine rings is 1. The number of carbonyl (C=O) groups excluding carboxylic acids is 1. The van der Waals surface area contributed by atoms with Gasteiger partial charge in [-0.15, -0.1) is 0 Å². The quantitative estimate of drug-likeness (QED) is 0.500. The highest BCUT2D eigenvalue weighted by atomic mass is 16.5. The van der Waals surface area contributed by atoms with E-state index in [1.165, 1.54) is 11.9 Å². The molecule has 2 N–H and O–H groups in total. The van der Waals surface area contributed by atoms with E-state index in [0.717, 1.165) is 35.6 Å². The Morgan fingerprint density at radius 3 is 2.56 bits per heavy atom. The molecule has 1 saturated heterocycles. The number of aryl methyl sites for hydroxylation is 1. The second-order valence-electron chi connectivity index (χ2n) is 10.8. The fraction of sp³-hybridized carbons (Fsp3) is 0.367. The van der Waals surface area contributed by atoms with Crippen molar-refractivity contribution < 1.29 is 9.53 Å². The molecule has 0 unspecified atom stereocenters. The summed E-state index contributed by atoms with van der Waals surface area (Å²) in [6.45, 7) is 11.8. The molecule has 1 aromatic heterocycles. The van der Waals surface area contributed by atoms with Crippen LogP contribution >= 0.6 is 0 Å². The van der Waals surface area contributed by atoms with Gasteiger partial charge in [0.05, 0.1) is 18.9 Å². The van der Waals surface area contributed by atoms with E-state index in [2.05, 4.69) is 75.5 Å². The van der Waals surface area contributed by atoms with Crippen molar-refractivity contribution in [3.8, 4) is 0 Å². The molecule has 3 aromatic rings. The zero-order valence-corrected chi connectivity index (χ0v) is 23.0. The summed E-state index contributed by atoms with van der Waals surface area (Å²) in [7, 11) is 0. The number of hydrogen-bond acceptors (Lipinski definition) is 8. The number of benzene rings is 2. The summed E-state index contributed by atoms with van der Waals surface area (Å²) in [5.74, 6) is 1.08. The van der Waals surface area contributed by atoms with E-state index >= 15 is 0 Å². The summed E-state index contributed by atoms with van der Waals surface area (Å²) in [4.78, 5) is 33.5. The van der Waals surface area contributed by atoms with Crippen LogP contribution in [-0.4, -0.2) is 59.3 Å². The molecular formula is C30H35N7O2. The van der Waals surface area contributed by atoms with Crippen LogP contribution in [0.4, 0.5) is 17.2 Å². The zero-order chi connectivity index (χ0) is 27.4. The van der Waals surface area contributed by atoms with Gasteiger partial charge in [-0.25, -0.2) is 20.0 Å². The number of aromatic nitrogens is 2. The monoisotopic (exact) mass is 525 g/mol. The smallest absolute Gasteiger partial charge is 0.251 e. The van der Waals surface area contributed by atoms with Crippen molar-refractivity contribution in [2.24, 2.45) is 9.98 Å². The third-order valence-electron chi connectivity index (χ3n) is 6.92. The van der Waals surface area contributed by atoms with Crippen molar-refractivity contribution in [1.82, 2.24) is 20.2 Å². The maximum Gasteiger partial charge on any atom is 0.251 e. The molecule has 1 fully saturated rings. The van der Waals surface area contributed by atoms with Crippen LogP contribution in [0.25, 0.3) is 0 Å². The van der Waals surface area contributed by atoms with Gasteiger partial charge in [-0.05, 0) is 41.2 Å². The summed E-state index contributed by atoms with van der Waals surface area (Å²) in [5, 5.41) is 6.44. The Kier molecular flexibility index (Phi) is 7.70. The molecule has 2 aliphatic heterocycles. The van der Waals surface area contributed by atoms with Crippen LogP contribution in [0.2, 0.25) is 0 Å². The van der Waals surface area contributed by atoms with Crippen molar-refractivity contribution in [3.63, 3.8) is 0 Å². The molecule has 202 valence electrons. The molecule has 0 radical (unpaired) electrons. The Morgan fingerprint density at radius 2 is 1.82 bits per heavy atom. The fourth-order valence-electron chi connectivity index (χ4n) is 4.46. The molecule has 2 aliphatic rings. The summed E-state index contributed by atoms with van der Waals surface area (Å²) >= 11 is 0. The zero-order valence-electron chi connectivity index (χ0n) is 23.0. The van der Waals surface area contributed by atoms with E-state index in [-0.39, 0.29) is 11.3 Å². The number of anilines is 2. The van der Waals surface area contributed by atoms with Crippen LogP contribution in [0, 0.1) is 6.92 Å². The van der Waals surface area contributed by atoms with Gasteiger partial charge < -0.3 is 20.3 Å². The Bertz CT molecular complexity index is 1400. The number of rotatable bonds is 5. The minimum atomic E-state index is -0.138. The first-order valence-corrected chi connectivity index (χ1v) is 13.3. The molecule has 0 saturated carbocycles. The molecule has 0 aliphatic carbocycles. The Balaban J connectivity index is 1.33. The van der Waals surface area contributed by atoms with Crippen LogP contribution in [0.3, 0.4) is 0 Å². The average molecular weight is 526 g/mol. The first kappa shape index (κ1) is 26.5. The number of aliphatic imine (C=N–C) groups is 2. The van der Waals surface area contributed by atoms with E-state index < -0.39 is 0 Å². The van der Waals surface area contributed by atoms with Crippen molar-refractivity contribution in [2.75, 3.05) is 31.6 Å². The maximum atomic E-state index is 13.0. The SMILES string of the molecule is Cc1ccc(C(=O)NCc2ccc(C(C)(C)C)cc2)cc1Nc1ncnc2c1N=C(N1CCOCC1)N=CC2.